The van der Waals surface area contributed by atoms with Gasteiger partial charge in [-0.05, 0) is 62.6 Å². The third-order valence-electron chi connectivity index (χ3n) is 7.88. The molecule has 2 aliphatic rings. The molecule has 4 rings (SSSR count). The maximum Gasteiger partial charge on any atom is 0.329 e. The van der Waals surface area contributed by atoms with E-state index in [-0.39, 0.29) is 24.4 Å². The van der Waals surface area contributed by atoms with Crippen LogP contribution in [0.4, 0.5) is 0 Å². The zero-order valence-corrected chi connectivity index (χ0v) is 23.1. The van der Waals surface area contributed by atoms with Gasteiger partial charge in [0, 0.05) is 24.8 Å². The molecule has 208 valence electrons. The van der Waals surface area contributed by atoms with E-state index in [1.807, 2.05) is 25.3 Å². The molecule has 0 radical (unpaired) electrons. The number of amides is 1. The van der Waals surface area contributed by atoms with E-state index in [1.165, 1.54) is 6.42 Å². The highest BCUT2D eigenvalue weighted by molar-refractivity contribution is 5.89. The van der Waals surface area contributed by atoms with E-state index in [0.717, 1.165) is 56.2 Å². The van der Waals surface area contributed by atoms with Crippen LogP contribution < -0.4 is 14.2 Å². The Bertz CT molecular complexity index is 1070. The Kier molecular flexibility index (Phi) is 9.53. The number of hydrogen-bond donors (Lipinski definition) is 0. The van der Waals surface area contributed by atoms with Gasteiger partial charge in [0.05, 0.1) is 33.4 Å². The number of aromatic nitrogens is 2. The molecule has 0 unspecified atom stereocenters. The Hall–Kier alpha value is -3.23. The molecule has 0 spiro atoms. The first-order chi connectivity index (χ1) is 18.5. The number of carbonyl (C=O) groups excluding carboxylic acids is 2. The summed E-state index contributed by atoms with van der Waals surface area (Å²) in [7, 11) is 4.74. The zero-order chi connectivity index (χ0) is 27.1. The van der Waals surface area contributed by atoms with Crippen molar-refractivity contribution in [3.63, 3.8) is 0 Å². The van der Waals surface area contributed by atoms with Crippen molar-refractivity contribution in [2.75, 3.05) is 27.9 Å². The van der Waals surface area contributed by atoms with Crippen molar-refractivity contribution in [1.82, 2.24) is 14.7 Å². The predicted molar refractivity (Wildman–Crippen MR) is 142 cm³/mol. The van der Waals surface area contributed by atoms with Crippen LogP contribution in [-0.4, -0.2) is 60.5 Å². The number of piperidine rings is 1. The Morgan fingerprint density at radius 2 is 1.66 bits per heavy atom. The van der Waals surface area contributed by atoms with Gasteiger partial charge in [-0.15, -0.1) is 0 Å². The van der Waals surface area contributed by atoms with Crippen molar-refractivity contribution in [3.05, 3.63) is 35.7 Å². The molecule has 1 aromatic carbocycles. The van der Waals surface area contributed by atoms with Crippen LogP contribution in [0.5, 0.6) is 17.2 Å². The lowest BCUT2D eigenvalue weighted by Gasteiger charge is -2.39. The molecule has 1 aromatic heterocycles. The number of hydrogen-bond acceptors (Lipinski definition) is 7. The molecule has 38 heavy (non-hydrogen) atoms. The molecule has 1 aliphatic heterocycles. The van der Waals surface area contributed by atoms with Crippen LogP contribution in [0.1, 0.15) is 75.3 Å². The number of benzene rings is 1. The number of nitrogens with zero attached hydrogens (tertiary/aromatic N) is 3. The smallest absolute Gasteiger partial charge is 0.329 e. The lowest BCUT2D eigenvalue weighted by atomic mass is 9.75. The van der Waals surface area contributed by atoms with Crippen molar-refractivity contribution in [3.8, 4) is 17.2 Å². The Morgan fingerprint density at radius 1 is 0.974 bits per heavy atom. The van der Waals surface area contributed by atoms with Gasteiger partial charge < -0.3 is 23.8 Å². The van der Waals surface area contributed by atoms with E-state index >= 15 is 0 Å². The summed E-state index contributed by atoms with van der Waals surface area (Å²) in [5.41, 5.74) is 1.67. The topological polar surface area (TPSA) is 92.1 Å². The van der Waals surface area contributed by atoms with Gasteiger partial charge in [0.1, 0.15) is 12.6 Å². The second-order valence-electron chi connectivity index (χ2n) is 10.2. The number of carbonyl (C=O) groups is 2. The highest BCUT2D eigenvalue weighted by atomic mass is 16.5. The first-order valence-electron chi connectivity index (χ1n) is 13.8. The summed E-state index contributed by atoms with van der Waals surface area (Å²) in [5, 5.41) is 4.25. The molecule has 2 fully saturated rings. The van der Waals surface area contributed by atoms with Gasteiger partial charge in [-0.25, -0.2) is 4.79 Å². The first kappa shape index (κ1) is 27.8. The van der Waals surface area contributed by atoms with Gasteiger partial charge in [0.2, 0.25) is 11.7 Å². The van der Waals surface area contributed by atoms with Crippen LogP contribution in [-0.2, 0) is 27.5 Å². The van der Waals surface area contributed by atoms with Gasteiger partial charge in [-0.3, -0.25) is 9.48 Å². The summed E-state index contributed by atoms with van der Waals surface area (Å²) in [4.78, 5) is 29.4. The number of aryl methyl sites for hydroxylation is 1. The number of ether oxygens (including phenoxy) is 4. The fourth-order valence-corrected chi connectivity index (χ4v) is 5.89. The lowest BCUT2D eigenvalue weighted by molar-refractivity contribution is -0.159. The molecule has 1 saturated carbocycles. The Morgan fingerprint density at radius 3 is 2.26 bits per heavy atom. The average Bonchev–Trinajstić information content (AvgIpc) is 3.44. The van der Waals surface area contributed by atoms with Gasteiger partial charge in [-0.2, -0.15) is 5.10 Å². The standard InChI is InChI=1S/C29H41N3O6/c1-5-31-18-20(17-30-31)19-38-29(34)23-13-9-10-14-32(23)28(33)26(21-11-7-6-8-12-21)22-15-24(35-2)27(37-4)25(16-22)36-3/h15-18,21,23,26H,5-14,19H2,1-4H3/t23-,26-/m0/s1. The summed E-state index contributed by atoms with van der Waals surface area (Å²) >= 11 is 0. The second-order valence-corrected chi connectivity index (χ2v) is 10.2. The predicted octanol–water partition coefficient (Wildman–Crippen LogP) is 4.72. The molecular formula is C29H41N3O6. The van der Waals surface area contributed by atoms with Crippen molar-refractivity contribution in [2.24, 2.45) is 5.92 Å². The molecule has 2 atom stereocenters. The normalized spacial score (nSPS) is 19.1. The largest absolute Gasteiger partial charge is 0.493 e. The van der Waals surface area contributed by atoms with E-state index in [0.29, 0.717) is 30.2 Å². The third kappa shape index (κ3) is 6.08. The Balaban J connectivity index is 1.61. The van der Waals surface area contributed by atoms with Crippen molar-refractivity contribution in [2.45, 2.75) is 83.4 Å². The van der Waals surface area contributed by atoms with E-state index in [2.05, 4.69) is 5.10 Å². The second kappa shape index (κ2) is 13.0. The average molecular weight is 528 g/mol. The summed E-state index contributed by atoms with van der Waals surface area (Å²) in [6.45, 7) is 3.45. The van der Waals surface area contributed by atoms with Crippen LogP contribution in [0.25, 0.3) is 0 Å². The molecule has 0 bridgehead atoms. The maximum absolute atomic E-state index is 14.4. The van der Waals surface area contributed by atoms with Crippen LogP contribution >= 0.6 is 0 Å². The minimum atomic E-state index is -0.592. The number of esters is 1. The number of likely N-dealkylation sites (tertiary alicyclic amines) is 1. The highest BCUT2D eigenvalue weighted by Crippen LogP contribution is 2.45. The minimum Gasteiger partial charge on any atom is -0.493 e. The van der Waals surface area contributed by atoms with Gasteiger partial charge in [0.25, 0.3) is 0 Å². The third-order valence-corrected chi connectivity index (χ3v) is 7.88. The van der Waals surface area contributed by atoms with Crippen molar-refractivity contribution < 1.29 is 28.5 Å². The Labute approximate surface area is 225 Å². The van der Waals surface area contributed by atoms with E-state index in [1.54, 1.807) is 37.1 Å². The fourth-order valence-electron chi connectivity index (χ4n) is 5.89. The van der Waals surface area contributed by atoms with Gasteiger partial charge >= 0.3 is 5.97 Å². The number of methoxy groups -OCH3 is 3. The molecule has 1 saturated heterocycles. The quantitative estimate of drug-likeness (QED) is 0.413. The van der Waals surface area contributed by atoms with Crippen molar-refractivity contribution >= 4 is 11.9 Å². The summed E-state index contributed by atoms with van der Waals surface area (Å²) in [6.07, 6.45) is 11.2. The molecule has 2 heterocycles. The molecule has 1 amide bonds. The molecule has 9 nitrogen and oxygen atoms in total. The maximum atomic E-state index is 14.4. The van der Waals surface area contributed by atoms with Gasteiger partial charge in [0.15, 0.2) is 11.5 Å². The molecule has 9 heteroatoms. The summed E-state index contributed by atoms with van der Waals surface area (Å²) in [6, 6.07) is 3.19. The highest BCUT2D eigenvalue weighted by Gasteiger charge is 2.40. The van der Waals surface area contributed by atoms with Crippen LogP contribution in [0, 0.1) is 5.92 Å². The van der Waals surface area contributed by atoms with E-state index in [4.69, 9.17) is 18.9 Å². The van der Waals surface area contributed by atoms with E-state index in [9.17, 15) is 9.59 Å². The minimum absolute atomic E-state index is 0.0216. The SMILES string of the molecule is CCn1cc(COC(=O)[C@@H]2CCCCN2C(=O)[C@H](c2cc(OC)c(OC)c(OC)c2)C2CCCCC2)cn1. The lowest BCUT2D eigenvalue weighted by Crippen LogP contribution is -2.51. The summed E-state index contributed by atoms with van der Waals surface area (Å²) < 4.78 is 24.2. The first-order valence-corrected chi connectivity index (χ1v) is 13.8. The fraction of sp³-hybridized carbons (Fsp3) is 0.621. The zero-order valence-electron chi connectivity index (χ0n) is 23.1. The van der Waals surface area contributed by atoms with Crippen molar-refractivity contribution in [1.29, 1.82) is 0 Å². The molecular weight excluding hydrogens is 486 g/mol. The summed E-state index contributed by atoms with van der Waals surface area (Å²) in [5.74, 6) is 0.953. The molecule has 2 aromatic rings. The van der Waals surface area contributed by atoms with Crippen LogP contribution in [0.15, 0.2) is 24.5 Å². The van der Waals surface area contributed by atoms with Crippen LogP contribution in [0.3, 0.4) is 0 Å². The van der Waals surface area contributed by atoms with Gasteiger partial charge in [-0.1, -0.05) is 19.3 Å². The van der Waals surface area contributed by atoms with E-state index < -0.39 is 12.0 Å². The number of rotatable bonds is 10. The monoisotopic (exact) mass is 527 g/mol. The molecule has 1 aliphatic carbocycles. The molecule has 0 N–H and O–H groups in total. The van der Waals surface area contributed by atoms with Crippen LogP contribution in [0.2, 0.25) is 0 Å².